The number of likely N-dealkylation sites (N-methyl/N-ethyl adjacent to an activating group) is 1. The first-order chi connectivity index (χ1) is 11.6. The number of nitrogens with one attached hydrogen (secondary N) is 1. The smallest absolute Gasteiger partial charge is 0.274 e. The van der Waals surface area contributed by atoms with Crippen molar-refractivity contribution in [3.05, 3.63) is 58.0 Å². The molecule has 126 valence electrons. The number of nitrogens with zero attached hydrogens (tertiary/aromatic N) is 3. The first-order valence-electron chi connectivity index (χ1n) is 7.77. The zero-order valence-corrected chi connectivity index (χ0v) is 13.7. The van der Waals surface area contributed by atoms with Gasteiger partial charge in [-0.25, -0.2) is 5.10 Å². The van der Waals surface area contributed by atoms with E-state index in [-0.39, 0.29) is 23.2 Å². The van der Waals surface area contributed by atoms with Crippen LogP contribution in [0.3, 0.4) is 0 Å². The van der Waals surface area contributed by atoms with Gasteiger partial charge in [-0.2, -0.15) is 5.10 Å². The summed E-state index contributed by atoms with van der Waals surface area (Å²) in [5, 5.41) is 6.14. The second-order valence-electron chi connectivity index (χ2n) is 5.83. The van der Waals surface area contributed by atoms with Gasteiger partial charge in [-0.3, -0.25) is 14.5 Å². The van der Waals surface area contributed by atoms with E-state index in [9.17, 15) is 9.59 Å². The standard InChI is InChI=1S/C17H20N4O3/c1-20-9-10-21(17(23)14-7-8-16(22)19-18-14)11-15(20)12-3-5-13(24-2)6-4-12/h3-8,15H,9-11H2,1-2H3,(H,19,22). The Balaban J connectivity index is 1.78. The SMILES string of the molecule is COc1ccc(C2CN(C(=O)c3ccc(=O)[nH]n3)CCN2C)cc1. The summed E-state index contributed by atoms with van der Waals surface area (Å²) in [6, 6.07) is 10.8. The molecule has 1 N–H and O–H groups in total. The largest absolute Gasteiger partial charge is 0.497 e. The van der Waals surface area contributed by atoms with Gasteiger partial charge in [0.2, 0.25) is 0 Å². The van der Waals surface area contributed by atoms with Crippen molar-refractivity contribution < 1.29 is 9.53 Å². The van der Waals surface area contributed by atoms with E-state index in [2.05, 4.69) is 22.1 Å². The van der Waals surface area contributed by atoms with Crippen LogP contribution in [0.2, 0.25) is 0 Å². The third-order valence-electron chi connectivity index (χ3n) is 4.33. The molecule has 1 aliphatic heterocycles. The minimum atomic E-state index is -0.318. The van der Waals surface area contributed by atoms with Crippen LogP contribution in [0.15, 0.2) is 41.2 Å². The minimum Gasteiger partial charge on any atom is -0.497 e. The van der Waals surface area contributed by atoms with E-state index in [0.717, 1.165) is 17.9 Å². The van der Waals surface area contributed by atoms with E-state index >= 15 is 0 Å². The molecule has 0 bridgehead atoms. The van der Waals surface area contributed by atoms with Crippen molar-refractivity contribution >= 4 is 5.91 Å². The lowest BCUT2D eigenvalue weighted by Gasteiger charge is -2.39. The molecule has 1 aliphatic rings. The number of ether oxygens (including phenoxy) is 1. The van der Waals surface area contributed by atoms with Crippen LogP contribution in [0, 0.1) is 0 Å². The summed E-state index contributed by atoms with van der Waals surface area (Å²) in [5.74, 6) is 0.639. The third kappa shape index (κ3) is 3.30. The maximum Gasteiger partial charge on any atom is 0.274 e. The Morgan fingerprint density at radius 2 is 1.96 bits per heavy atom. The van der Waals surface area contributed by atoms with E-state index < -0.39 is 0 Å². The molecule has 7 nitrogen and oxygen atoms in total. The van der Waals surface area contributed by atoms with Crippen LogP contribution in [-0.4, -0.2) is 59.7 Å². The zero-order valence-electron chi connectivity index (χ0n) is 13.7. The van der Waals surface area contributed by atoms with Gasteiger partial charge in [0.15, 0.2) is 0 Å². The molecule has 0 saturated carbocycles. The fourth-order valence-corrected chi connectivity index (χ4v) is 2.87. The van der Waals surface area contributed by atoms with E-state index in [0.29, 0.717) is 13.1 Å². The van der Waals surface area contributed by atoms with Gasteiger partial charge in [0.05, 0.1) is 13.2 Å². The lowest BCUT2D eigenvalue weighted by Crippen LogP contribution is -2.49. The average molecular weight is 328 g/mol. The molecule has 0 spiro atoms. The Morgan fingerprint density at radius 3 is 2.58 bits per heavy atom. The number of hydrogen-bond donors (Lipinski definition) is 1. The molecule has 1 aromatic heterocycles. The summed E-state index contributed by atoms with van der Waals surface area (Å²) >= 11 is 0. The number of aromatic amines is 1. The van der Waals surface area contributed by atoms with Gasteiger partial charge in [-0.05, 0) is 30.8 Å². The topological polar surface area (TPSA) is 78.5 Å². The van der Waals surface area contributed by atoms with Gasteiger partial charge < -0.3 is 9.64 Å². The Morgan fingerprint density at radius 1 is 1.21 bits per heavy atom. The highest BCUT2D eigenvalue weighted by molar-refractivity contribution is 5.92. The maximum absolute atomic E-state index is 12.6. The highest BCUT2D eigenvalue weighted by Crippen LogP contribution is 2.26. The molecule has 1 saturated heterocycles. The number of H-pyrrole nitrogens is 1. The van der Waals surface area contributed by atoms with Crippen LogP contribution in [-0.2, 0) is 0 Å². The predicted octanol–water partition coefficient (Wildman–Crippen LogP) is 0.907. The summed E-state index contributed by atoms with van der Waals surface area (Å²) in [6.45, 7) is 1.97. The highest BCUT2D eigenvalue weighted by atomic mass is 16.5. The van der Waals surface area contributed by atoms with Crippen LogP contribution in [0.1, 0.15) is 22.1 Å². The van der Waals surface area contributed by atoms with Crippen LogP contribution in [0.25, 0.3) is 0 Å². The number of piperazine rings is 1. The molecule has 0 radical (unpaired) electrons. The summed E-state index contributed by atoms with van der Waals surface area (Å²) in [7, 11) is 3.69. The first kappa shape index (κ1) is 16.2. The fraction of sp³-hybridized carbons (Fsp3) is 0.353. The normalized spacial score (nSPS) is 18.4. The highest BCUT2D eigenvalue weighted by Gasteiger charge is 2.29. The number of benzene rings is 1. The second kappa shape index (κ2) is 6.84. The molecule has 24 heavy (non-hydrogen) atoms. The van der Waals surface area contributed by atoms with Crippen LogP contribution >= 0.6 is 0 Å². The Bertz CT molecular complexity index is 752. The molecule has 2 aromatic rings. The number of carbonyl (C=O) groups excluding carboxylic acids is 1. The molecule has 7 heteroatoms. The van der Waals surface area contributed by atoms with Crippen molar-refractivity contribution in [3.8, 4) is 5.75 Å². The van der Waals surface area contributed by atoms with Crippen molar-refractivity contribution in [1.82, 2.24) is 20.0 Å². The number of rotatable bonds is 3. The van der Waals surface area contributed by atoms with Crippen molar-refractivity contribution in [2.75, 3.05) is 33.8 Å². The number of methoxy groups -OCH3 is 1. The summed E-state index contributed by atoms with van der Waals surface area (Å²) in [4.78, 5) is 27.7. The van der Waals surface area contributed by atoms with Gasteiger partial charge in [-0.15, -0.1) is 0 Å². The summed E-state index contributed by atoms with van der Waals surface area (Å²) in [6.07, 6.45) is 0. The number of hydrogen-bond acceptors (Lipinski definition) is 5. The number of amides is 1. The Labute approximate surface area is 139 Å². The quantitative estimate of drug-likeness (QED) is 0.906. The summed E-state index contributed by atoms with van der Waals surface area (Å²) in [5.41, 5.74) is 1.07. The Hall–Kier alpha value is -2.67. The zero-order chi connectivity index (χ0) is 17.1. The minimum absolute atomic E-state index is 0.108. The van der Waals surface area contributed by atoms with Gasteiger partial charge in [0.25, 0.3) is 11.5 Å². The molecule has 1 aromatic carbocycles. The molecule has 1 atom stereocenters. The van der Waals surface area contributed by atoms with Crippen molar-refractivity contribution in [3.63, 3.8) is 0 Å². The van der Waals surface area contributed by atoms with E-state index in [1.165, 1.54) is 12.1 Å². The molecular formula is C17H20N4O3. The monoisotopic (exact) mass is 328 g/mol. The fourth-order valence-electron chi connectivity index (χ4n) is 2.87. The van der Waals surface area contributed by atoms with E-state index in [1.54, 1.807) is 12.0 Å². The molecule has 1 unspecified atom stereocenters. The predicted molar refractivity (Wildman–Crippen MR) is 89.1 cm³/mol. The molecule has 1 fully saturated rings. The second-order valence-corrected chi connectivity index (χ2v) is 5.83. The average Bonchev–Trinajstić information content (AvgIpc) is 2.62. The van der Waals surface area contributed by atoms with Gasteiger partial charge >= 0.3 is 0 Å². The lowest BCUT2D eigenvalue weighted by atomic mass is 10.0. The number of carbonyl (C=O) groups is 1. The molecule has 2 heterocycles. The molecular weight excluding hydrogens is 308 g/mol. The third-order valence-corrected chi connectivity index (χ3v) is 4.33. The molecule has 1 amide bonds. The van der Waals surface area contributed by atoms with Crippen LogP contribution < -0.4 is 10.3 Å². The van der Waals surface area contributed by atoms with Gasteiger partial charge in [0.1, 0.15) is 11.4 Å². The van der Waals surface area contributed by atoms with Crippen molar-refractivity contribution in [1.29, 1.82) is 0 Å². The van der Waals surface area contributed by atoms with Crippen molar-refractivity contribution in [2.24, 2.45) is 0 Å². The van der Waals surface area contributed by atoms with Crippen LogP contribution in [0.4, 0.5) is 0 Å². The maximum atomic E-state index is 12.6. The molecule has 3 rings (SSSR count). The van der Waals surface area contributed by atoms with Crippen molar-refractivity contribution in [2.45, 2.75) is 6.04 Å². The first-order valence-corrected chi connectivity index (χ1v) is 7.77. The van der Waals surface area contributed by atoms with Crippen LogP contribution in [0.5, 0.6) is 5.75 Å². The van der Waals surface area contributed by atoms with Gasteiger partial charge in [0, 0.05) is 25.7 Å². The lowest BCUT2D eigenvalue weighted by molar-refractivity contribution is 0.0539. The van der Waals surface area contributed by atoms with E-state index in [4.69, 9.17) is 4.74 Å². The molecule has 0 aliphatic carbocycles. The Kier molecular flexibility index (Phi) is 4.61. The summed E-state index contributed by atoms with van der Waals surface area (Å²) < 4.78 is 5.19. The number of aromatic nitrogens is 2. The van der Waals surface area contributed by atoms with Gasteiger partial charge in [-0.1, -0.05) is 12.1 Å². The van der Waals surface area contributed by atoms with E-state index in [1.807, 2.05) is 24.3 Å².